The van der Waals surface area contributed by atoms with E-state index in [0.29, 0.717) is 45.0 Å². The molecule has 5 heterocycles. The topological polar surface area (TPSA) is 113 Å². The number of alkyl halides is 3. The van der Waals surface area contributed by atoms with Gasteiger partial charge in [0.25, 0.3) is 5.91 Å². The number of aromatic nitrogens is 1. The van der Waals surface area contributed by atoms with E-state index in [1.807, 2.05) is 23.1 Å². The van der Waals surface area contributed by atoms with Gasteiger partial charge < -0.3 is 18.9 Å². The molecule has 15 heteroatoms. The number of benzene rings is 2. The van der Waals surface area contributed by atoms with Gasteiger partial charge in [0.1, 0.15) is 5.75 Å². The second kappa shape index (κ2) is 12.2. The molecule has 1 N–H and O–H groups in total. The number of hydrogen-bond donors (Lipinski definition) is 1. The summed E-state index contributed by atoms with van der Waals surface area (Å²) in [5.41, 5.74) is 3.28. The van der Waals surface area contributed by atoms with Crippen molar-refractivity contribution < 1.29 is 40.7 Å². The molecule has 2 aliphatic carbocycles. The van der Waals surface area contributed by atoms with Gasteiger partial charge in [0.15, 0.2) is 0 Å². The number of nitrogens with one attached hydrogen (secondary N) is 1. The van der Waals surface area contributed by atoms with Crippen LogP contribution in [0.2, 0.25) is 0 Å². The van der Waals surface area contributed by atoms with Crippen molar-refractivity contribution in [3.63, 3.8) is 0 Å². The number of rotatable bonds is 7. The van der Waals surface area contributed by atoms with Gasteiger partial charge in [-0.05, 0) is 66.6 Å². The molecule has 0 bridgehead atoms. The van der Waals surface area contributed by atoms with E-state index in [0.717, 1.165) is 57.7 Å². The van der Waals surface area contributed by atoms with Gasteiger partial charge >= 0.3 is 16.4 Å². The number of hydrogen-bond acceptors (Lipinski definition) is 7. The molecule has 2 unspecified atom stereocenters. The average molecular weight is 770 g/mol. The maximum absolute atomic E-state index is 15.2. The van der Waals surface area contributed by atoms with E-state index in [1.54, 1.807) is 19.2 Å². The normalized spacial score (nSPS) is 29.4. The molecule has 9 rings (SSSR count). The standard InChI is InChI=1S/C39H46F3N5O6S/c1-44(2)54(50,51)43-34(48)25-9-11-28-31(13-25)47-20-38(35(49)46-18-36-16-45(21-39(40,41)42)17-37(36,19-46)23-53-22-36)15-30(38)29-14-26(52-3)10-12-27(29)33(47)32(28)24-7-5-4-6-8-24/h9-14,24,30H,4-8,15-23H2,1-3H3,(H,43,48)/t30-,36?,37?,38-/m0/s1. The van der Waals surface area contributed by atoms with Crippen LogP contribution in [0.15, 0.2) is 36.4 Å². The van der Waals surface area contributed by atoms with Crippen LogP contribution in [0.5, 0.6) is 5.75 Å². The summed E-state index contributed by atoms with van der Waals surface area (Å²) < 4.78 is 82.7. The van der Waals surface area contributed by atoms with Gasteiger partial charge in [-0.2, -0.15) is 25.9 Å². The number of methoxy groups -OCH3 is 1. The summed E-state index contributed by atoms with van der Waals surface area (Å²) in [6.45, 7) is 1.19. The van der Waals surface area contributed by atoms with E-state index in [1.165, 1.54) is 31.0 Å². The van der Waals surface area contributed by atoms with E-state index < -0.39 is 45.1 Å². The fraction of sp³-hybridized carbons (Fsp3) is 0.590. The molecule has 2 aromatic carbocycles. The molecule has 54 heavy (non-hydrogen) atoms. The molecule has 2 amide bonds. The summed E-state index contributed by atoms with van der Waals surface area (Å²) >= 11 is 0. The molecule has 5 fully saturated rings. The fourth-order valence-electron chi connectivity index (χ4n) is 10.9. The lowest BCUT2D eigenvalue weighted by Gasteiger charge is -2.30. The zero-order valence-electron chi connectivity index (χ0n) is 30.8. The average Bonchev–Trinajstić information content (AvgIpc) is 3.33. The summed E-state index contributed by atoms with van der Waals surface area (Å²) in [5, 5.41) is 0.984. The van der Waals surface area contributed by atoms with Crippen molar-refractivity contribution in [2.75, 3.05) is 67.1 Å². The Morgan fingerprint density at radius 3 is 2.33 bits per heavy atom. The lowest BCUT2D eigenvalue weighted by atomic mass is 9.71. The third-order valence-corrected chi connectivity index (χ3v) is 14.9. The first kappa shape index (κ1) is 36.0. The molecule has 2 saturated carbocycles. The monoisotopic (exact) mass is 769 g/mol. The quantitative estimate of drug-likeness (QED) is 0.356. The summed E-state index contributed by atoms with van der Waals surface area (Å²) in [5.74, 6) is 0.0896. The molecule has 0 radical (unpaired) electrons. The van der Waals surface area contributed by atoms with Crippen molar-refractivity contribution in [3.05, 3.63) is 53.1 Å². The SMILES string of the molecule is COc1ccc2c(c1)[C@@H]1C[C@]1(C(=O)N1CC34COCC3(CN(CC(F)(F)F)C4)C1)Cn1c-2c(C2CCCCC2)c2ccc(C(=O)NS(=O)(=O)N(C)C)cc21. The maximum atomic E-state index is 15.2. The minimum Gasteiger partial charge on any atom is -0.497 e. The van der Waals surface area contributed by atoms with Crippen LogP contribution >= 0.6 is 0 Å². The van der Waals surface area contributed by atoms with Crippen molar-refractivity contribution in [2.24, 2.45) is 16.2 Å². The molecule has 3 saturated heterocycles. The largest absolute Gasteiger partial charge is 0.497 e. The molecular weight excluding hydrogens is 724 g/mol. The smallest absolute Gasteiger partial charge is 0.401 e. The maximum Gasteiger partial charge on any atom is 0.401 e. The number of carbonyl (C=O) groups excluding carboxylic acids is 2. The first-order valence-corrected chi connectivity index (χ1v) is 20.3. The van der Waals surface area contributed by atoms with Crippen LogP contribution in [-0.4, -0.2) is 112 Å². The summed E-state index contributed by atoms with van der Waals surface area (Å²) in [4.78, 5) is 32.1. The summed E-state index contributed by atoms with van der Waals surface area (Å²) in [6, 6.07) is 11.4. The van der Waals surface area contributed by atoms with Crippen molar-refractivity contribution in [1.82, 2.24) is 23.4 Å². The second-order valence-electron chi connectivity index (χ2n) is 17.0. The van der Waals surface area contributed by atoms with Crippen LogP contribution in [0.4, 0.5) is 13.2 Å². The molecule has 290 valence electrons. The molecule has 0 spiro atoms. The highest BCUT2D eigenvalue weighted by Crippen LogP contribution is 2.67. The van der Waals surface area contributed by atoms with Crippen LogP contribution in [0.25, 0.3) is 22.2 Å². The predicted octanol–water partition coefficient (Wildman–Crippen LogP) is 5.11. The van der Waals surface area contributed by atoms with E-state index in [-0.39, 0.29) is 36.4 Å². The van der Waals surface area contributed by atoms with Crippen LogP contribution in [0, 0.1) is 16.2 Å². The predicted molar refractivity (Wildman–Crippen MR) is 194 cm³/mol. The van der Waals surface area contributed by atoms with Gasteiger partial charge in [0, 0.05) is 85.6 Å². The number of halogens is 3. The van der Waals surface area contributed by atoms with Crippen molar-refractivity contribution >= 4 is 32.9 Å². The third kappa shape index (κ3) is 5.42. The van der Waals surface area contributed by atoms with Gasteiger partial charge in [-0.15, -0.1) is 0 Å². The minimum atomic E-state index is -4.31. The zero-order valence-corrected chi connectivity index (χ0v) is 31.6. The Bertz CT molecular complexity index is 2160. The van der Waals surface area contributed by atoms with Crippen molar-refractivity contribution in [1.29, 1.82) is 0 Å². The minimum absolute atomic E-state index is 0.00131. The van der Waals surface area contributed by atoms with E-state index in [2.05, 4.69) is 15.4 Å². The Hall–Kier alpha value is -3.66. The fourth-order valence-corrected chi connectivity index (χ4v) is 11.4. The molecule has 6 aliphatic rings. The Labute approximate surface area is 312 Å². The third-order valence-electron chi connectivity index (χ3n) is 13.5. The van der Waals surface area contributed by atoms with Crippen molar-refractivity contribution in [3.8, 4) is 17.0 Å². The lowest BCUT2D eigenvalue weighted by molar-refractivity contribution is -0.148. The first-order valence-electron chi connectivity index (χ1n) is 18.8. The number of nitrogens with zero attached hydrogens (tertiary/aromatic N) is 4. The van der Waals surface area contributed by atoms with Crippen LogP contribution < -0.4 is 9.46 Å². The van der Waals surface area contributed by atoms with E-state index in [4.69, 9.17) is 9.47 Å². The number of fused-ring (bicyclic) bond motifs is 7. The first-order chi connectivity index (χ1) is 25.6. The van der Waals surface area contributed by atoms with Gasteiger partial charge in [-0.1, -0.05) is 25.3 Å². The van der Waals surface area contributed by atoms with Crippen LogP contribution in [-0.2, 0) is 26.3 Å². The van der Waals surface area contributed by atoms with Crippen LogP contribution in [0.1, 0.15) is 71.8 Å². The van der Waals surface area contributed by atoms with Gasteiger partial charge in [-0.25, -0.2) is 4.72 Å². The van der Waals surface area contributed by atoms with E-state index in [9.17, 15) is 26.4 Å². The number of ether oxygens (including phenoxy) is 2. The Morgan fingerprint density at radius 2 is 1.69 bits per heavy atom. The number of likely N-dealkylation sites (tertiary alicyclic amines) is 2. The zero-order chi connectivity index (χ0) is 38.0. The molecular formula is C39H46F3N5O6S. The molecule has 4 atom stereocenters. The number of carbonyl (C=O) groups is 2. The van der Waals surface area contributed by atoms with Gasteiger partial charge in [0.05, 0.1) is 38.0 Å². The molecule has 1 aromatic heterocycles. The van der Waals surface area contributed by atoms with Crippen molar-refractivity contribution in [2.45, 2.75) is 63.1 Å². The van der Waals surface area contributed by atoms with E-state index >= 15 is 4.79 Å². The van der Waals surface area contributed by atoms with Gasteiger partial charge in [0.2, 0.25) is 5.91 Å². The molecule has 3 aromatic rings. The Kier molecular flexibility index (Phi) is 8.11. The highest BCUT2D eigenvalue weighted by atomic mass is 32.2. The van der Waals surface area contributed by atoms with Crippen LogP contribution in [0.3, 0.4) is 0 Å². The highest BCUT2D eigenvalue weighted by molar-refractivity contribution is 7.87. The lowest BCUT2D eigenvalue weighted by Crippen LogP contribution is -2.44. The second-order valence-corrected chi connectivity index (χ2v) is 18.9. The Morgan fingerprint density at radius 1 is 0.981 bits per heavy atom. The molecule has 11 nitrogen and oxygen atoms in total. The Balaban J connectivity index is 1.16. The highest BCUT2D eigenvalue weighted by Gasteiger charge is 2.71. The summed E-state index contributed by atoms with van der Waals surface area (Å²) in [6.07, 6.45) is 1.68. The molecule has 4 aliphatic heterocycles. The van der Waals surface area contributed by atoms with Gasteiger partial charge in [-0.3, -0.25) is 14.5 Å². The number of amides is 2. The summed E-state index contributed by atoms with van der Waals surface area (Å²) in [7, 11) is 0.284.